The number of amides is 1. The summed E-state index contributed by atoms with van der Waals surface area (Å²) in [6, 6.07) is 5.80. The topological polar surface area (TPSA) is 50.8 Å². The van der Waals surface area contributed by atoms with E-state index < -0.39 is 0 Å². The molecule has 1 amide bonds. The number of carbonyl (C=O) groups is 1. The lowest BCUT2D eigenvalue weighted by atomic mass is 9.99. The molecular weight excluding hydrogens is 316 g/mol. The minimum Gasteiger partial charge on any atom is -0.490 e. The largest absolute Gasteiger partial charge is 0.490 e. The molecule has 0 aliphatic carbocycles. The van der Waals surface area contributed by atoms with Gasteiger partial charge in [-0.3, -0.25) is 9.69 Å². The standard InChI is InChI=1S/C20H32N2O3/c1-5-24-18-8-7-17(13-19(18)25-6-2)16(4)21-20(23)14-22-11-9-15(3)10-12-22/h7-8,13,15-16H,5-6,9-12,14H2,1-4H3,(H,21,23). The molecule has 5 nitrogen and oxygen atoms in total. The number of benzene rings is 1. The summed E-state index contributed by atoms with van der Waals surface area (Å²) in [6.07, 6.45) is 2.36. The number of hydrogen-bond acceptors (Lipinski definition) is 4. The lowest BCUT2D eigenvalue weighted by Gasteiger charge is -2.30. The molecule has 0 saturated carbocycles. The van der Waals surface area contributed by atoms with Crippen LogP contribution in [0.25, 0.3) is 0 Å². The Morgan fingerprint density at radius 1 is 1.20 bits per heavy atom. The van der Waals surface area contributed by atoms with Crippen LogP contribution in [0.3, 0.4) is 0 Å². The lowest BCUT2D eigenvalue weighted by molar-refractivity contribution is -0.123. The number of hydrogen-bond donors (Lipinski definition) is 1. The van der Waals surface area contributed by atoms with Gasteiger partial charge in [-0.05, 0) is 70.3 Å². The predicted molar refractivity (Wildman–Crippen MR) is 100 cm³/mol. The Kier molecular flexibility index (Phi) is 7.56. The fraction of sp³-hybridized carbons (Fsp3) is 0.650. The van der Waals surface area contributed by atoms with Crippen molar-refractivity contribution in [1.82, 2.24) is 10.2 Å². The van der Waals surface area contributed by atoms with Gasteiger partial charge in [-0.25, -0.2) is 0 Å². The first-order chi connectivity index (χ1) is 12.0. The second-order valence-electron chi connectivity index (χ2n) is 6.82. The maximum atomic E-state index is 12.3. The van der Waals surface area contributed by atoms with Gasteiger partial charge in [-0.15, -0.1) is 0 Å². The van der Waals surface area contributed by atoms with Crippen molar-refractivity contribution in [3.63, 3.8) is 0 Å². The Balaban J connectivity index is 1.93. The van der Waals surface area contributed by atoms with Gasteiger partial charge in [0.25, 0.3) is 0 Å². The highest BCUT2D eigenvalue weighted by Gasteiger charge is 2.19. The summed E-state index contributed by atoms with van der Waals surface area (Å²) in [6.45, 7) is 11.9. The van der Waals surface area contributed by atoms with E-state index in [0.29, 0.717) is 19.8 Å². The highest BCUT2D eigenvalue weighted by atomic mass is 16.5. The molecule has 2 rings (SSSR count). The van der Waals surface area contributed by atoms with Gasteiger partial charge < -0.3 is 14.8 Å². The molecule has 1 aliphatic heterocycles. The third kappa shape index (κ3) is 5.92. The Bertz CT molecular complexity index is 554. The molecule has 0 aromatic heterocycles. The van der Waals surface area contributed by atoms with E-state index in [1.54, 1.807) is 0 Å². The molecule has 140 valence electrons. The highest BCUT2D eigenvalue weighted by Crippen LogP contribution is 2.30. The van der Waals surface area contributed by atoms with Gasteiger partial charge in [0.1, 0.15) is 0 Å². The molecule has 1 atom stereocenters. The van der Waals surface area contributed by atoms with Crippen LogP contribution < -0.4 is 14.8 Å². The van der Waals surface area contributed by atoms with Crippen LogP contribution in [0.2, 0.25) is 0 Å². The van der Waals surface area contributed by atoms with Crippen LogP contribution in [-0.2, 0) is 4.79 Å². The number of likely N-dealkylation sites (tertiary alicyclic amines) is 1. The molecule has 1 aliphatic rings. The lowest BCUT2D eigenvalue weighted by Crippen LogP contribution is -2.41. The SMILES string of the molecule is CCOc1ccc(C(C)NC(=O)CN2CCC(C)CC2)cc1OCC. The smallest absolute Gasteiger partial charge is 0.234 e. The van der Waals surface area contributed by atoms with Gasteiger partial charge in [0.15, 0.2) is 11.5 Å². The number of rotatable bonds is 8. The summed E-state index contributed by atoms with van der Waals surface area (Å²) >= 11 is 0. The molecule has 25 heavy (non-hydrogen) atoms. The Morgan fingerprint density at radius 3 is 2.48 bits per heavy atom. The van der Waals surface area contributed by atoms with E-state index in [9.17, 15) is 4.79 Å². The summed E-state index contributed by atoms with van der Waals surface area (Å²) in [5.74, 6) is 2.33. The zero-order valence-corrected chi connectivity index (χ0v) is 16.0. The average Bonchev–Trinajstić information content (AvgIpc) is 2.59. The zero-order chi connectivity index (χ0) is 18.2. The number of piperidine rings is 1. The third-order valence-corrected chi connectivity index (χ3v) is 4.69. The van der Waals surface area contributed by atoms with Crippen molar-refractivity contribution in [1.29, 1.82) is 0 Å². The number of carbonyl (C=O) groups excluding carboxylic acids is 1. The summed E-state index contributed by atoms with van der Waals surface area (Å²) < 4.78 is 11.3. The number of ether oxygens (including phenoxy) is 2. The van der Waals surface area contributed by atoms with E-state index >= 15 is 0 Å². The van der Waals surface area contributed by atoms with E-state index in [1.165, 1.54) is 12.8 Å². The molecule has 1 aromatic carbocycles. The summed E-state index contributed by atoms with van der Waals surface area (Å²) in [7, 11) is 0. The first kappa shape index (κ1) is 19.6. The maximum Gasteiger partial charge on any atom is 0.234 e. The van der Waals surface area contributed by atoms with Crippen molar-refractivity contribution in [2.24, 2.45) is 5.92 Å². The maximum absolute atomic E-state index is 12.3. The molecule has 5 heteroatoms. The number of nitrogens with zero attached hydrogens (tertiary/aromatic N) is 1. The van der Waals surface area contributed by atoms with Gasteiger partial charge >= 0.3 is 0 Å². The van der Waals surface area contributed by atoms with E-state index in [0.717, 1.165) is 36.1 Å². The van der Waals surface area contributed by atoms with Crippen LogP contribution in [0.5, 0.6) is 11.5 Å². The van der Waals surface area contributed by atoms with Crippen LogP contribution in [0, 0.1) is 5.92 Å². The first-order valence-electron chi connectivity index (χ1n) is 9.44. The Morgan fingerprint density at radius 2 is 1.84 bits per heavy atom. The van der Waals surface area contributed by atoms with Crippen molar-refractivity contribution in [2.45, 2.75) is 46.6 Å². The molecule has 1 N–H and O–H groups in total. The van der Waals surface area contributed by atoms with Crippen LogP contribution in [-0.4, -0.2) is 43.7 Å². The summed E-state index contributed by atoms with van der Waals surface area (Å²) in [5.41, 5.74) is 1.02. The molecule has 1 fully saturated rings. The van der Waals surface area contributed by atoms with Crippen molar-refractivity contribution < 1.29 is 14.3 Å². The predicted octanol–water partition coefficient (Wildman–Crippen LogP) is 3.39. The van der Waals surface area contributed by atoms with Gasteiger partial charge in [-0.1, -0.05) is 13.0 Å². The van der Waals surface area contributed by atoms with Crippen molar-refractivity contribution in [2.75, 3.05) is 32.8 Å². The zero-order valence-electron chi connectivity index (χ0n) is 16.0. The quantitative estimate of drug-likeness (QED) is 0.782. The fourth-order valence-electron chi connectivity index (χ4n) is 3.13. The van der Waals surface area contributed by atoms with Crippen LogP contribution in [0.4, 0.5) is 0 Å². The number of nitrogens with one attached hydrogen (secondary N) is 1. The van der Waals surface area contributed by atoms with E-state index in [4.69, 9.17) is 9.47 Å². The van der Waals surface area contributed by atoms with Crippen LogP contribution in [0.1, 0.15) is 52.1 Å². The van der Waals surface area contributed by atoms with Crippen molar-refractivity contribution >= 4 is 5.91 Å². The Labute approximate surface area is 151 Å². The minimum absolute atomic E-state index is 0.0638. The molecule has 1 saturated heterocycles. The normalized spacial score (nSPS) is 17.1. The van der Waals surface area contributed by atoms with Crippen LogP contribution in [0.15, 0.2) is 18.2 Å². The van der Waals surface area contributed by atoms with Crippen molar-refractivity contribution in [3.05, 3.63) is 23.8 Å². The van der Waals surface area contributed by atoms with E-state index in [1.807, 2.05) is 39.0 Å². The third-order valence-electron chi connectivity index (χ3n) is 4.69. The molecule has 0 radical (unpaired) electrons. The van der Waals surface area contributed by atoms with Crippen LogP contribution >= 0.6 is 0 Å². The van der Waals surface area contributed by atoms with Gasteiger partial charge in [-0.2, -0.15) is 0 Å². The first-order valence-corrected chi connectivity index (χ1v) is 9.44. The van der Waals surface area contributed by atoms with Gasteiger partial charge in [0.05, 0.1) is 25.8 Å². The van der Waals surface area contributed by atoms with E-state index in [-0.39, 0.29) is 11.9 Å². The molecule has 1 aromatic rings. The molecule has 0 bridgehead atoms. The van der Waals surface area contributed by atoms with Gasteiger partial charge in [0, 0.05) is 0 Å². The molecule has 0 spiro atoms. The monoisotopic (exact) mass is 348 g/mol. The van der Waals surface area contributed by atoms with Gasteiger partial charge in [0.2, 0.25) is 5.91 Å². The molecule has 1 unspecified atom stereocenters. The summed E-state index contributed by atoms with van der Waals surface area (Å²) in [5, 5.41) is 3.10. The average molecular weight is 348 g/mol. The Hall–Kier alpha value is -1.75. The minimum atomic E-state index is -0.0638. The second-order valence-corrected chi connectivity index (χ2v) is 6.82. The highest BCUT2D eigenvalue weighted by molar-refractivity contribution is 5.78. The molecule has 1 heterocycles. The van der Waals surface area contributed by atoms with Crippen molar-refractivity contribution in [3.8, 4) is 11.5 Å². The van der Waals surface area contributed by atoms with E-state index in [2.05, 4.69) is 17.1 Å². The molecular formula is C20H32N2O3. The fourth-order valence-corrected chi connectivity index (χ4v) is 3.13. The summed E-state index contributed by atoms with van der Waals surface area (Å²) in [4.78, 5) is 14.6. The second kappa shape index (κ2) is 9.66.